The van der Waals surface area contributed by atoms with Gasteiger partial charge in [0.2, 0.25) is 11.8 Å². The average molecular weight is 817 g/mol. The van der Waals surface area contributed by atoms with Gasteiger partial charge in [-0.25, -0.2) is 18.7 Å². The maximum Gasteiger partial charge on any atom is 0.262 e. The summed E-state index contributed by atoms with van der Waals surface area (Å²) in [5, 5.41) is 6.09. The van der Waals surface area contributed by atoms with E-state index in [2.05, 4.69) is 30.4 Å². The fourth-order valence-electron chi connectivity index (χ4n) is 8.27. The van der Waals surface area contributed by atoms with Gasteiger partial charge in [0.25, 0.3) is 11.8 Å². The van der Waals surface area contributed by atoms with Crippen molar-refractivity contribution in [2.75, 3.05) is 76.3 Å². The molecule has 3 fully saturated rings. The highest BCUT2D eigenvalue weighted by atomic mass is 35.5. The first-order chi connectivity index (χ1) is 28.1. The van der Waals surface area contributed by atoms with Crippen LogP contribution >= 0.6 is 11.6 Å². The Morgan fingerprint density at radius 1 is 0.862 bits per heavy atom. The minimum absolute atomic E-state index is 0.00550. The van der Waals surface area contributed by atoms with Crippen LogP contribution in [0.2, 0.25) is 5.02 Å². The number of carbonyl (C=O) groups is 4. The molecule has 1 aromatic heterocycles. The van der Waals surface area contributed by atoms with Crippen molar-refractivity contribution in [1.29, 1.82) is 0 Å². The van der Waals surface area contributed by atoms with Crippen LogP contribution in [0.4, 0.5) is 26.0 Å². The monoisotopic (exact) mass is 816 g/mol. The molecule has 1 unspecified atom stereocenters. The Morgan fingerprint density at radius 2 is 1.62 bits per heavy atom. The number of methoxy groups -OCH3 is 1. The minimum Gasteiger partial charge on any atom is -0.493 e. The summed E-state index contributed by atoms with van der Waals surface area (Å²) in [6.07, 6.45) is 4.48. The van der Waals surface area contributed by atoms with E-state index in [4.69, 9.17) is 21.1 Å². The smallest absolute Gasteiger partial charge is 0.262 e. The number of piperazine rings is 1. The van der Waals surface area contributed by atoms with Gasteiger partial charge in [-0.05, 0) is 81.1 Å². The molecule has 0 saturated carbocycles. The van der Waals surface area contributed by atoms with Crippen LogP contribution in [0.5, 0.6) is 11.5 Å². The molecule has 17 heteroatoms. The molecule has 0 bridgehead atoms. The van der Waals surface area contributed by atoms with E-state index in [1.165, 1.54) is 24.5 Å². The number of nitrogens with zero attached hydrogens (tertiary/aromatic N) is 6. The van der Waals surface area contributed by atoms with Crippen LogP contribution in [0.15, 0.2) is 48.8 Å². The van der Waals surface area contributed by atoms with Crippen molar-refractivity contribution in [3.8, 4) is 11.5 Å². The summed E-state index contributed by atoms with van der Waals surface area (Å²) in [5.41, 5.74) is 1.53. The molecule has 4 amide bonds. The van der Waals surface area contributed by atoms with Crippen molar-refractivity contribution in [1.82, 2.24) is 30.0 Å². The molecular formula is C41H43ClF2N8O6. The number of aromatic nitrogens is 2. The maximum atomic E-state index is 15.4. The Kier molecular flexibility index (Phi) is 11.4. The first-order valence-corrected chi connectivity index (χ1v) is 19.9. The minimum atomic E-state index is -1.10. The molecule has 4 aliphatic rings. The number of piperidine rings is 2. The average Bonchev–Trinajstić information content (AvgIpc) is 3.45. The number of hydrogen-bond acceptors (Lipinski definition) is 12. The summed E-state index contributed by atoms with van der Waals surface area (Å²) in [6, 6.07) is 9.45. The predicted molar refractivity (Wildman–Crippen MR) is 212 cm³/mol. The fraction of sp³-hybridized carbons (Fsp3) is 0.415. The highest BCUT2D eigenvalue weighted by Crippen LogP contribution is 2.36. The third-order valence-electron chi connectivity index (χ3n) is 11.4. The summed E-state index contributed by atoms with van der Waals surface area (Å²) < 4.78 is 40.9. The lowest BCUT2D eigenvalue weighted by Gasteiger charge is -2.39. The quantitative estimate of drug-likeness (QED) is 0.146. The highest BCUT2D eigenvalue weighted by Gasteiger charge is 2.45. The molecule has 0 aliphatic carbocycles. The Bertz CT molecular complexity index is 2270. The number of nitrogens with one attached hydrogen (secondary N) is 2. The summed E-state index contributed by atoms with van der Waals surface area (Å²) in [4.78, 5) is 66.8. The molecule has 5 heterocycles. The van der Waals surface area contributed by atoms with Crippen LogP contribution < -0.4 is 25.0 Å². The number of ether oxygens (including phenoxy) is 2. The number of carbonyl (C=O) groups excluding carboxylic acids is 4. The second kappa shape index (κ2) is 16.8. The molecule has 3 saturated heterocycles. The Morgan fingerprint density at radius 3 is 2.34 bits per heavy atom. The number of halogens is 3. The molecule has 3 aromatic carbocycles. The van der Waals surface area contributed by atoms with Crippen LogP contribution in [-0.2, 0) is 9.59 Å². The number of fused-ring (bicyclic) bond motifs is 2. The lowest BCUT2D eigenvalue weighted by atomic mass is 9.95. The maximum absolute atomic E-state index is 15.4. The van der Waals surface area contributed by atoms with Crippen molar-refractivity contribution in [2.45, 2.75) is 38.1 Å². The van der Waals surface area contributed by atoms with Gasteiger partial charge in [0, 0.05) is 62.8 Å². The first kappa shape index (κ1) is 39.4. The van der Waals surface area contributed by atoms with Gasteiger partial charge < -0.3 is 24.6 Å². The Hall–Kier alpha value is -5.45. The Labute approximate surface area is 338 Å². The molecule has 304 valence electrons. The van der Waals surface area contributed by atoms with Crippen molar-refractivity contribution in [2.24, 2.45) is 5.92 Å². The van der Waals surface area contributed by atoms with Gasteiger partial charge in [-0.3, -0.25) is 34.3 Å². The zero-order chi connectivity index (χ0) is 40.5. The molecule has 4 aromatic rings. The predicted octanol–water partition coefficient (Wildman–Crippen LogP) is 5.02. The molecule has 1 atom stereocenters. The van der Waals surface area contributed by atoms with Gasteiger partial charge in [-0.1, -0.05) is 11.6 Å². The highest BCUT2D eigenvalue weighted by molar-refractivity contribution is 6.31. The number of amides is 4. The second-order valence-corrected chi connectivity index (χ2v) is 15.5. The van der Waals surface area contributed by atoms with Crippen molar-refractivity contribution >= 4 is 63.3 Å². The molecule has 2 N–H and O–H groups in total. The van der Waals surface area contributed by atoms with Gasteiger partial charge in [-0.2, -0.15) is 0 Å². The molecule has 0 radical (unpaired) electrons. The topological polar surface area (TPSA) is 150 Å². The molecular weight excluding hydrogens is 774 g/mol. The second-order valence-electron chi connectivity index (χ2n) is 15.1. The van der Waals surface area contributed by atoms with E-state index in [0.717, 1.165) is 69.5 Å². The van der Waals surface area contributed by atoms with Gasteiger partial charge >= 0.3 is 0 Å². The Balaban J connectivity index is 0.787. The fourth-order valence-corrected chi connectivity index (χ4v) is 8.45. The summed E-state index contributed by atoms with van der Waals surface area (Å²) in [6.45, 7) is 6.96. The molecule has 58 heavy (non-hydrogen) atoms. The third-order valence-corrected chi connectivity index (χ3v) is 11.7. The summed E-state index contributed by atoms with van der Waals surface area (Å²) >= 11 is 5.98. The van der Waals surface area contributed by atoms with Crippen LogP contribution in [0.25, 0.3) is 10.9 Å². The van der Waals surface area contributed by atoms with Crippen LogP contribution in [-0.4, -0.2) is 120 Å². The molecule has 0 spiro atoms. The van der Waals surface area contributed by atoms with E-state index < -0.39 is 41.3 Å². The molecule has 4 aliphatic heterocycles. The van der Waals surface area contributed by atoms with Gasteiger partial charge in [0.1, 0.15) is 29.8 Å². The standard InChI is InChI=1S/C41H43ClF2N8O6/c1-57-35-21-32-28(38(46-23-45-32)47-25-3-4-30(43)29(42)17-25)20-36(35)58-16-2-9-49-10-7-24(8-11-49)22-50-12-14-51(15-13-50)34-19-27-26(18-31(34)44)40(55)52(41(27)56)33-5-6-37(53)48-39(33)54/h3-4,17-21,23-24,33H,2,5-16,22H2,1H3,(H,45,46,47)(H,48,53,54). The number of imide groups is 2. The normalized spacial score (nSPS) is 19.5. The van der Waals surface area contributed by atoms with Crippen molar-refractivity contribution < 1.29 is 37.4 Å². The van der Waals surface area contributed by atoms with E-state index in [-0.39, 0.29) is 34.7 Å². The van der Waals surface area contributed by atoms with Crippen molar-refractivity contribution in [3.05, 3.63) is 76.6 Å². The van der Waals surface area contributed by atoms with Gasteiger partial charge in [-0.15, -0.1) is 0 Å². The summed E-state index contributed by atoms with van der Waals surface area (Å²) in [7, 11) is 1.58. The number of likely N-dealkylation sites (tertiary alicyclic amines) is 1. The number of anilines is 3. The number of benzene rings is 3. The first-order valence-electron chi connectivity index (χ1n) is 19.5. The largest absolute Gasteiger partial charge is 0.493 e. The van der Waals surface area contributed by atoms with Gasteiger partial charge in [0.15, 0.2) is 11.5 Å². The van der Waals surface area contributed by atoms with Crippen molar-refractivity contribution in [3.63, 3.8) is 0 Å². The number of rotatable bonds is 12. The van der Waals surface area contributed by atoms with E-state index in [1.54, 1.807) is 19.2 Å². The summed E-state index contributed by atoms with van der Waals surface area (Å²) in [5.74, 6) is -1.40. The van der Waals surface area contributed by atoms with Crippen LogP contribution in [0.1, 0.15) is 52.8 Å². The van der Waals surface area contributed by atoms with Gasteiger partial charge in [0.05, 0.1) is 41.1 Å². The lowest BCUT2D eigenvalue weighted by Crippen LogP contribution is -2.54. The SMILES string of the molecule is COc1cc2ncnc(Nc3ccc(F)c(Cl)c3)c2cc1OCCCN1CCC(CN2CCN(c3cc4c(cc3F)C(=O)N(C3CCC(=O)NC3=O)C4=O)CC2)CC1. The number of hydrogen-bond donors (Lipinski definition) is 2. The zero-order valence-electron chi connectivity index (χ0n) is 31.9. The zero-order valence-corrected chi connectivity index (χ0v) is 32.7. The van der Waals surface area contributed by atoms with E-state index >= 15 is 4.39 Å². The molecule has 8 rings (SSSR count). The lowest BCUT2D eigenvalue weighted by molar-refractivity contribution is -0.136. The van der Waals surface area contributed by atoms with Crippen LogP contribution in [0.3, 0.4) is 0 Å². The van der Waals surface area contributed by atoms with E-state index in [1.807, 2.05) is 11.0 Å². The van der Waals surface area contributed by atoms with E-state index in [0.29, 0.717) is 59.5 Å². The molecule has 14 nitrogen and oxygen atoms in total. The third kappa shape index (κ3) is 8.13. The van der Waals surface area contributed by atoms with Crippen LogP contribution in [0, 0.1) is 17.6 Å². The van der Waals surface area contributed by atoms with E-state index in [9.17, 15) is 23.6 Å².